The van der Waals surface area contributed by atoms with E-state index in [1.807, 2.05) is 0 Å². The molecule has 0 fully saturated rings. The maximum absolute atomic E-state index is 9.54. The molecule has 2 atom stereocenters. The van der Waals surface area contributed by atoms with Gasteiger partial charge in [-0.1, -0.05) is 0 Å². The van der Waals surface area contributed by atoms with Gasteiger partial charge in [0.2, 0.25) is 0 Å². The Balaban J connectivity index is 3.13. The molecule has 2 N–H and O–H groups in total. The molecule has 5 heteroatoms. The molecule has 44 valence electrons. The van der Waals surface area contributed by atoms with E-state index in [0.29, 0.717) is 0 Å². The van der Waals surface area contributed by atoms with Crippen molar-refractivity contribution in [3.05, 3.63) is 0 Å². The summed E-state index contributed by atoms with van der Waals surface area (Å²) < 4.78 is 21.2. The van der Waals surface area contributed by atoms with Crippen LogP contribution in [-0.4, -0.2) is 20.2 Å². The van der Waals surface area contributed by atoms with Gasteiger partial charge in [0.15, 0.2) is 6.29 Å². The maximum Gasteiger partial charge on any atom is 0.304 e. The van der Waals surface area contributed by atoms with Crippen molar-refractivity contribution in [2.75, 3.05) is 0 Å². The van der Waals surface area contributed by atoms with Crippen LogP contribution in [0.2, 0.25) is 0 Å². The molecule has 2 unspecified atom stereocenters. The lowest BCUT2D eigenvalue weighted by Crippen LogP contribution is -2.07. The molecule has 0 amide bonds. The number of aliphatic hydroxyl groups is 1. The number of aliphatic hydroxyl groups excluding tert-OH is 1. The average Bonchev–Trinajstić information content (AvgIpc) is 1.27. The van der Waals surface area contributed by atoms with Gasteiger partial charge >= 0.3 is 11.4 Å². The minimum atomic E-state index is -2.35. The molecule has 0 bridgehead atoms. The summed E-state index contributed by atoms with van der Waals surface area (Å²) in [6, 6.07) is 0. The van der Waals surface area contributed by atoms with Crippen molar-refractivity contribution in [1.82, 2.24) is 0 Å². The predicted octanol–water partition coefficient (Wildman–Crippen LogP) is -0.522. The molecular weight excluding hydrogens is 120 g/mol. The van der Waals surface area contributed by atoms with Crippen LogP contribution in [-0.2, 0) is 15.5 Å². The van der Waals surface area contributed by atoms with E-state index in [1.54, 1.807) is 0 Å². The van der Waals surface area contributed by atoms with Crippen molar-refractivity contribution in [3.63, 3.8) is 0 Å². The number of hydrogen-bond acceptors (Lipinski definition) is 3. The highest BCUT2D eigenvalue weighted by Gasteiger charge is 1.96. The molecule has 0 aliphatic heterocycles. The van der Waals surface area contributed by atoms with Gasteiger partial charge in [0, 0.05) is 0 Å². The second-order valence-electron chi connectivity index (χ2n) is 0.913. The third-order valence-corrected chi connectivity index (χ3v) is 0.665. The summed E-state index contributed by atoms with van der Waals surface area (Å²) in [5.74, 6) is 0. The van der Waals surface area contributed by atoms with E-state index in [2.05, 4.69) is 4.18 Å². The van der Waals surface area contributed by atoms with Gasteiger partial charge in [0.05, 0.1) is 0 Å². The van der Waals surface area contributed by atoms with E-state index in [0.717, 1.165) is 0 Å². The molecular formula is C2H6O4S. The topological polar surface area (TPSA) is 66.8 Å². The van der Waals surface area contributed by atoms with Crippen molar-refractivity contribution < 1.29 is 18.1 Å². The van der Waals surface area contributed by atoms with Crippen LogP contribution in [0.25, 0.3) is 0 Å². The van der Waals surface area contributed by atoms with Gasteiger partial charge in [-0.25, -0.2) is 4.18 Å². The van der Waals surface area contributed by atoms with Crippen LogP contribution in [0.1, 0.15) is 6.92 Å². The van der Waals surface area contributed by atoms with Crippen LogP contribution in [0.3, 0.4) is 0 Å². The van der Waals surface area contributed by atoms with Crippen molar-refractivity contribution in [2.45, 2.75) is 13.2 Å². The molecule has 0 saturated carbocycles. The molecule has 7 heavy (non-hydrogen) atoms. The summed E-state index contributed by atoms with van der Waals surface area (Å²) in [4.78, 5) is 0. The quantitative estimate of drug-likeness (QED) is 0.386. The first-order valence-corrected chi connectivity index (χ1v) is 2.62. The summed E-state index contributed by atoms with van der Waals surface area (Å²) in [5.41, 5.74) is 0. The summed E-state index contributed by atoms with van der Waals surface area (Å²) in [7, 11) is 0. The highest BCUT2D eigenvalue weighted by atomic mass is 32.2. The average molecular weight is 126 g/mol. The number of rotatable bonds is 2. The van der Waals surface area contributed by atoms with E-state index in [1.165, 1.54) is 6.92 Å². The first-order chi connectivity index (χ1) is 3.13. The van der Waals surface area contributed by atoms with Gasteiger partial charge in [0.25, 0.3) is 0 Å². The van der Waals surface area contributed by atoms with Crippen LogP contribution >= 0.6 is 0 Å². The second-order valence-corrected chi connectivity index (χ2v) is 1.54. The molecule has 0 radical (unpaired) electrons. The third-order valence-electron chi connectivity index (χ3n) is 0.222. The van der Waals surface area contributed by atoms with Crippen LogP contribution in [0.4, 0.5) is 0 Å². The molecule has 0 spiro atoms. The third kappa shape index (κ3) is 6.03. The van der Waals surface area contributed by atoms with E-state index in [-0.39, 0.29) is 0 Å². The smallest absolute Gasteiger partial charge is 0.304 e. The Hall–Kier alpha value is 0.0300. The standard InChI is InChI=1S/C2H6O4S/c1-2(3)6-7(4)5/h2-3H,1H3,(H,4,5). The molecule has 0 aromatic carbocycles. The van der Waals surface area contributed by atoms with Gasteiger partial charge in [-0.15, -0.1) is 0 Å². The van der Waals surface area contributed by atoms with Gasteiger partial charge in [-0.3, -0.25) is 4.55 Å². The Labute approximate surface area is 43.6 Å². The Kier molecular flexibility index (Phi) is 3.10. The van der Waals surface area contributed by atoms with E-state index in [9.17, 15) is 4.21 Å². The molecule has 4 nitrogen and oxygen atoms in total. The summed E-state index contributed by atoms with van der Waals surface area (Å²) in [6.07, 6.45) is -1.18. The number of hydrogen-bond donors (Lipinski definition) is 2. The highest BCUT2D eigenvalue weighted by Crippen LogP contribution is 1.84. The zero-order chi connectivity index (χ0) is 5.86. The van der Waals surface area contributed by atoms with Crippen molar-refractivity contribution in [2.24, 2.45) is 0 Å². The minimum Gasteiger partial charge on any atom is -0.367 e. The molecule has 0 aliphatic carbocycles. The fraction of sp³-hybridized carbons (Fsp3) is 1.00. The normalized spacial score (nSPS) is 18.7. The zero-order valence-electron chi connectivity index (χ0n) is 3.70. The fourth-order valence-electron chi connectivity index (χ4n) is 0.119. The van der Waals surface area contributed by atoms with Gasteiger partial charge in [-0.2, -0.15) is 4.21 Å². The Morgan fingerprint density at radius 1 is 1.86 bits per heavy atom. The van der Waals surface area contributed by atoms with Crippen molar-refractivity contribution in [3.8, 4) is 0 Å². The van der Waals surface area contributed by atoms with E-state index >= 15 is 0 Å². The van der Waals surface area contributed by atoms with E-state index < -0.39 is 17.7 Å². The maximum atomic E-state index is 9.54. The Morgan fingerprint density at radius 2 is 2.29 bits per heavy atom. The first kappa shape index (κ1) is 7.03. The lowest BCUT2D eigenvalue weighted by atomic mass is 10.8. The van der Waals surface area contributed by atoms with Gasteiger partial charge in [-0.05, 0) is 6.92 Å². The summed E-state index contributed by atoms with van der Waals surface area (Å²) >= 11 is -2.35. The van der Waals surface area contributed by atoms with Crippen LogP contribution < -0.4 is 0 Å². The lowest BCUT2D eigenvalue weighted by molar-refractivity contribution is 0.00415. The van der Waals surface area contributed by atoms with Crippen molar-refractivity contribution in [1.29, 1.82) is 0 Å². The molecule has 0 aromatic rings. The fourth-order valence-corrected chi connectivity index (χ4v) is 0.357. The van der Waals surface area contributed by atoms with Crippen LogP contribution in [0.5, 0.6) is 0 Å². The van der Waals surface area contributed by atoms with Gasteiger partial charge < -0.3 is 5.11 Å². The predicted molar refractivity (Wildman–Crippen MR) is 23.5 cm³/mol. The molecule has 0 saturated heterocycles. The first-order valence-electron chi connectivity index (χ1n) is 1.59. The highest BCUT2D eigenvalue weighted by molar-refractivity contribution is 7.74. The van der Waals surface area contributed by atoms with Crippen LogP contribution in [0, 0.1) is 0 Å². The molecule has 0 aliphatic rings. The minimum absolute atomic E-state index is 1.18. The largest absolute Gasteiger partial charge is 0.367 e. The summed E-state index contributed by atoms with van der Waals surface area (Å²) in [5, 5.41) is 8.15. The molecule has 0 rings (SSSR count). The Bertz CT molecular complexity index is 70.1. The molecule has 0 aromatic heterocycles. The lowest BCUT2D eigenvalue weighted by Gasteiger charge is -1.96. The zero-order valence-corrected chi connectivity index (χ0v) is 4.51. The van der Waals surface area contributed by atoms with Crippen molar-refractivity contribution >= 4 is 11.4 Å². The Morgan fingerprint density at radius 3 is 2.29 bits per heavy atom. The second kappa shape index (κ2) is 3.09. The molecule has 0 heterocycles. The van der Waals surface area contributed by atoms with Gasteiger partial charge in [0.1, 0.15) is 0 Å². The van der Waals surface area contributed by atoms with Crippen LogP contribution in [0.15, 0.2) is 0 Å². The summed E-state index contributed by atoms with van der Waals surface area (Å²) in [6.45, 7) is 1.24. The van der Waals surface area contributed by atoms with E-state index in [4.69, 9.17) is 9.66 Å². The monoisotopic (exact) mass is 126 g/mol. The SMILES string of the molecule is CC(O)OS(=O)O.